The van der Waals surface area contributed by atoms with E-state index >= 15 is 0 Å². The van der Waals surface area contributed by atoms with Crippen molar-refractivity contribution in [3.8, 4) is 0 Å². The van der Waals surface area contributed by atoms with Crippen molar-refractivity contribution >= 4 is 0 Å². The fourth-order valence-corrected chi connectivity index (χ4v) is 1.50. The van der Waals surface area contributed by atoms with Gasteiger partial charge >= 0.3 is 0 Å². The lowest BCUT2D eigenvalue weighted by Crippen LogP contribution is -2.37. The van der Waals surface area contributed by atoms with Gasteiger partial charge in [0.2, 0.25) is 0 Å². The van der Waals surface area contributed by atoms with Gasteiger partial charge in [-0.2, -0.15) is 0 Å². The first-order valence-electron chi connectivity index (χ1n) is 4.97. The van der Waals surface area contributed by atoms with Crippen molar-refractivity contribution < 1.29 is 4.74 Å². The average Bonchev–Trinajstić information content (AvgIpc) is 2.18. The molecule has 0 amide bonds. The van der Waals surface area contributed by atoms with E-state index in [1.54, 1.807) is 7.11 Å². The molecule has 0 aliphatic carbocycles. The second-order valence-electron chi connectivity index (χ2n) is 3.90. The summed E-state index contributed by atoms with van der Waals surface area (Å²) in [5.74, 6) is 0. The van der Waals surface area contributed by atoms with Crippen LogP contribution in [0.2, 0.25) is 0 Å². The highest BCUT2D eigenvalue weighted by atomic mass is 16.5. The number of benzene rings is 1. The van der Waals surface area contributed by atoms with Crippen molar-refractivity contribution in [2.45, 2.75) is 25.8 Å². The first-order valence-corrected chi connectivity index (χ1v) is 4.97. The van der Waals surface area contributed by atoms with Crippen LogP contribution in [0, 0.1) is 0 Å². The third-order valence-electron chi connectivity index (χ3n) is 2.47. The third-order valence-corrected chi connectivity index (χ3v) is 2.47. The summed E-state index contributed by atoms with van der Waals surface area (Å²) in [5.41, 5.74) is 8.18. The van der Waals surface area contributed by atoms with Gasteiger partial charge in [0.15, 0.2) is 0 Å². The van der Waals surface area contributed by atoms with Gasteiger partial charge < -0.3 is 10.5 Å². The van der Waals surface area contributed by atoms with E-state index in [1.807, 2.05) is 6.92 Å². The van der Waals surface area contributed by atoms with Gasteiger partial charge in [-0.3, -0.25) is 0 Å². The van der Waals surface area contributed by atoms with Gasteiger partial charge in [-0.25, -0.2) is 0 Å². The van der Waals surface area contributed by atoms with Crippen LogP contribution in [-0.2, 0) is 16.7 Å². The molecule has 0 heterocycles. The van der Waals surface area contributed by atoms with Crippen molar-refractivity contribution in [2.75, 3.05) is 13.7 Å². The number of methoxy groups -OCH3 is 1. The SMILES string of the molecule is CCc1ccc(C(C)(N)COC)cc1. The summed E-state index contributed by atoms with van der Waals surface area (Å²) in [6.45, 7) is 4.67. The minimum atomic E-state index is -0.388. The maximum atomic E-state index is 6.12. The molecule has 0 radical (unpaired) electrons. The minimum Gasteiger partial charge on any atom is -0.382 e. The number of hydrogen-bond acceptors (Lipinski definition) is 2. The molecule has 0 aliphatic heterocycles. The van der Waals surface area contributed by atoms with Crippen LogP contribution in [0.3, 0.4) is 0 Å². The highest BCUT2D eigenvalue weighted by molar-refractivity contribution is 5.27. The molecule has 0 saturated heterocycles. The molecule has 2 heteroatoms. The van der Waals surface area contributed by atoms with Crippen molar-refractivity contribution in [3.05, 3.63) is 35.4 Å². The van der Waals surface area contributed by atoms with E-state index < -0.39 is 0 Å². The first kappa shape index (κ1) is 11.2. The molecule has 0 saturated carbocycles. The van der Waals surface area contributed by atoms with E-state index in [1.165, 1.54) is 5.56 Å². The molecule has 1 rings (SSSR count). The summed E-state index contributed by atoms with van der Waals surface area (Å²) in [7, 11) is 1.67. The predicted octanol–water partition coefficient (Wildman–Crippen LogP) is 2.07. The lowest BCUT2D eigenvalue weighted by atomic mass is 9.93. The average molecular weight is 193 g/mol. The summed E-state index contributed by atoms with van der Waals surface area (Å²) in [6.07, 6.45) is 1.06. The van der Waals surface area contributed by atoms with Crippen LogP contribution in [-0.4, -0.2) is 13.7 Å². The first-order chi connectivity index (χ1) is 6.60. The predicted molar refractivity (Wildman–Crippen MR) is 59.2 cm³/mol. The van der Waals surface area contributed by atoms with Crippen LogP contribution >= 0.6 is 0 Å². The molecular formula is C12H19NO. The molecule has 1 aromatic carbocycles. The molecule has 0 aliphatic rings. The molecule has 0 spiro atoms. The molecule has 1 unspecified atom stereocenters. The Kier molecular flexibility index (Phi) is 3.67. The molecule has 2 nitrogen and oxygen atoms in total. The Morgan fingerprint density at radius 3 is 2.29 bits per heavy atom. The molecule has 0 bridgehead atoms. The fraction of sp³-hybridized carbons (Fsp3) is 0.500. The molecular weight excluding hydrogens is 174 g/mol. The largest absolute Gasteiger partial charge is 0.382 e. The normalized spacial score (nSPS) is 15.1. The number of ether oxygens (including phenoxy) is 1. The zero-order valence-corrected chi connectivity index (χ0v) is 9.21. The Morgan fingerprint density at radius 1 is 1.29 bits per heavy atom. The Balaban J connectivity index is 2.85. The molecule has 14 heavy (non-hydrogen) atoms. The Hall–Kier alpha value is -0.860. The molecule has 1 aromatic rings. The quantitative estimate of drug-likeness (QED) is 0.794. The number of nitrogens with two attached hydrogens (primary N) is 1. The second kappa shape index (κ2) is 4.58. The summed E-state index contributed by atoms with van der Waals surface area (Å²) in [5, 5.41) is 0. The van der Waals surface area contributed by atoms with Gasteiger partial charge in [0.05, 0.1) is 12.1 Å². The van der Waals surface area contributed by atoms with Crippen molar-refractivity contribution in [2.24, 2.45) is 5.73 Å². The van der Waals surface area contributed by atoms with Gasteiger partial charge in [-0.15, -0.1) is 0 Å². The highest BCUT2D eigenvalue weighted by Crippen LogP contribution is 2.18. The Bertz CT molecular complexity index is 277. The Labute approximate surface area is 86.1 Å². The maximum Gasteiger partial charge on any atom is 0.0681 e. The van der Waals surface area contributed by atoms with Crippen LogP contribution in [0.25, 0.3) is 0 Å². The third kappa shape index (κ3) is 2.56. The van der Waals surface area contributed by atoms with Gasteiger partial charge in [0, 0.05) is 7.11 Å². The van der Waals surface area contributed by atoms with Crippen LogP contribution in [0.5, 0.6) is 0 Å². The highest BCUT2D eigenvalue weighted by Gasteiger charge is 2.20. The fourth-order valence-electron chi connectivity index (χ4n) is 1.50. The Morgan fingerprint density at radius 2 is 1.86 bits per heavy atom. The van der Waals surface area contributed by atoms with Crippen LogP contribution < -0.4 is 5.73 Å². The lowest BCUT2D eigenvalue weighted by molar-refractivity contribution is 0.141. The second-order valence-corrected chi connectivity index (χ2v) is 3.90. The van der Waals surface area contributed by atoms with Crippen LogP contribution in [0.4, 0.5) is 0 Å². The molecule has 1 atom stereocenters. The standard InChI is InChI=1S/C12H19NO/c1-4-10-5-7-11(8-6-10)12(2,13)9-14-3/h5-8H,4,9,13H2,1-3H3. The zero-order chi connectivity index (χ0) is 10.6. The van der Waals surface area contributed by atoms with Crippen molar-refractivity contribution in [1.29, 1.82) is 0 Å². The van der Waals surface area contributed by atoms with Crippen molar-refractivity contribution in [1.82, 2.24) is 0 Å². The van der Waals surface area contributed by atoms with Gasteiger partial charge in [0.25, 0.3) is 0 Å². The number of hydrogen-bond donors (Lipinski definition) is 1. The topological polar surface area (TPSA) is 35.2 Å². The van der Waals surface area contributed by atoms with Gasteiger partial charge in [0.1, 0.15) is 0 Å². The van der Waals surface area contributed by atoms with Crippen LogP contribution in [0.1, 0.15) is 25.0 Å². The maximum absolute atomic E-state index is 6.12. The number of aryl methyl sites for hydroxylation is 1. The van der Waals surface area contributed by atoms with E-state index in [0.29, 0.717) is 6.61 Å². The number of rotatable bonds is 4. The minimum absolute atomic E-state index is 0.388. The zero-order valence-electron chi connectivity index (χ0n) is 9.21. The molecule has 0 fully saturated rings. The molecule has 2 N–H and O–H groups in total. The monoisotopic (exact) mass is 193 g/mol. The molecule has 78 valence electrons. The lowest BCUT2D eigenvalue weighted by Gasteiger charge is -2.24. The molecule has 0 aromatic heterocycles. The van der Waals surface area contributed by atoms with E-state index in [0.717, 1.165) is 12.0 Å². The smallest absolute Gasteiger partial charge is 0.0681 e. The van der Waals surface area contributed by atoms with Gasteiger partial charge in [-0.05, 0) is 24.5 Å². The van der Waals surface area contributed by atoms with E-state index in [9.17, 15) is 0 Å². The van der Waals surface area contributed by atoms with E-state index in [-0.39, 0.29) is 5.54 Å². The summed E-state index contributed by atoms with van der Waals surface area (Å²) in [6, 6.07) is 8.40. The summed E-state index contributed by atoms with van der Waals surface area (Å²) >= 11 is 0. The van der Waals surface area contributed by atoms with E-state index in [4.69, 9.17) is 10.5 Å². The summed E-state index contributed by atoms with van der Waals surface area (Å²) in [4.78, 5) is 0. The van der Waals surface area contributed by atoms with Gasteiger partial charge in [-0.1, -0.05) is 31.2 Å². The van der Waals surface area contributed by atoms with Crippen molar-refractivity contribution in [3.63, 3.8) is 0 Å². The van der Waals surface area contributed by atoms with E-state index in [2.05, 4.69) is 31.2 Å². The van der Waals surface area contributed by atoms with Crippen LogP contribution in [0.15, 0.2) is 24.3 Å². The summed E-state index contributed by atoms with van der Waals surface area (Å²) < 4.78 is 5.09.